The van der Waals surface area contributed by atoms with E-state index in [0.717, 1.165) is 61.2 Å². The smallest absolute Gasteiger partial charge is 0.164 e. The molecule has 298 valence electrons. The van der Waals surface area contributed by atoms with E-state index in [1.54, 1.807) is 12.4 Å². The maximum atomic E-state index is 5.32. The monoisotopic (exact) mass is 815 g/mol. The second-order valence-electron chi connectivity index (χ2n) is 16.1. The third-order valence-corrected chi connectivity index (χ3v) is 12.3. The molecule has 5 nitrogen and oxygen atoms in total. The van der Waals surface area contributed by atoms with Crippen LogP contribution in [0.1, 0.15) is 0 Å². The number of rotatable bonds is 7. The lowest BCUT2D eigenvalue weighted by molar-refractivity contribution is 1.07. The summed E-state index contributed by atoms with van der Waals surface area (Å²) in [6.07, 6.45) is 7.34. The van der Waals surface area contributed by atoms with Crippen molar-refractivity contribution in [3.63, 3.8) is 0 Å². The van der Waals surface area contributed by atoms with E-state index in [9.17, 15) is 0 Å². The molecule has 0 spiro atoms. The number of nitrogens with zero attached hydrogens (tertiary/aromatic N) is 5. The van der Waals surface area contributed by atoms with Crippen LogP contribution in [0.25, 0.3) is 122 Å². The highest BCUT2D eigenvalue weighted by Crippen LogP contribution is 2.42. The van der Waals surface area contributed by atoms with Crippen molar-refractivity contribution in [2.24, 2.45) is 0 Å². The molecule has 0 aliphatic heterocycles. The van der Waals surface area contributed by atoms with Crippen molar-refractivity contribution in [3.05, 3.63) is 225 Å². The predicted molar refractivity (Wildman–Crippen MR) is 263 cm³/mol. The molecule has 64 heavy (non-hydrogen) atoms. The van der Waals surface area contributed by atoms with E-state index in [-0.39, 0.29) is 0 Å². The molecule has 12 rings (SSSR count). The van der Waals surface area contributed by atoms with Gasteiger partial charge >= 0.3 is 0 Å². The van der Waals surface area contributed by atoms with Crippen molar-refractivity contribution in [2.75, 3.05) is 0 Å². The van der Waals surface area contributed by atoms with Crippen LogP contribution in [0.2, 0.25) is 0 Å². The topological polar surface area (TPSA) is 64.5 Å². The molecule has 3 heterocycles. The summed E-state index contributed by atoms with van der Waals surface area (Å²) < 4.78 is 0. The molecule has 5 heteroatoms. The van der Waals surface area contributed by atoms with E-state index in [4.69, 9.17) is 15.0 Å². The van der Waals surface area contributed by atoms with Gasteiger partial charge in [0.25, 0.3) is 0 Å². The minimum atomic E-state index is 0.589. The Morgan fingerprint density at radius 3 is 1.02 bits per heavy atom. The minimum Gasteiger partial charge on any atom is -0.264 e. The first-order valence-electron chi connectivity index (χ1n) is 21.5. The molecule has 0 aliphatic rings. The third-order valence-electron chi connectivity index (χ3n) is 12.3. The van der Waals surface area contributed by atoms with Gasteiger partial charge in [-0.15, -0.1) is 0 Å². The first kappa shape index (κ1) is 37.1. The van der Waals surface area contributed by atoms with Crippen molar-refractivity contribution in [1.29, 1.82) is 0 Å². The fourth-order valence-electron chi connectivity index (χ4n) is 9.11. The normalized spacial score (nSPS) is 11.4. The van der Waals surface area contributed by atoms with Crippen LogP contribution >= 0.6 is 0 Å². The summed E-state index contributed by atoms with van der Waals surface area (Å²) >= 11 is 0. The lowest BCUT2D eigenvalue weighted by atomic mass is 9.88. The molecule has 0 aliphatic carbocycles. The molecule has 0 bridgehead atoms. The molecule has 0 radical (unpaired) electrons. The van der Waals surface area contributed by atoms with Gasteiger partial charge in [-0.2, -0.15) is 0 Å². The zero-order valence-corrected chi connectivity index (χ0v) is 34.6. The highest BCUT2D eigenvalue weighted by molar-refractivity contribution is 6.16. The van der Waals surface area contributed by atoms with Gasteiger partial charge in [0.15, 0.2) is 17.5 Å². The summed E-state index contributed by atoms with van der Waals surface area (Å²) in [5, 5.41) is 9.64. The van der Waals surface area contributed by atoms with Crippen LogP contribution in [0.15, 0.2) is 225 Å². The number of hydrogen-bond acceptors (Lipinski definition) is 5. The van der Waals surface area contributed by atoms with Crippen LogP contribution in [0.4, 0.5) is 0 Å². The van der Waals surface area contributed by atoms with Gasteiger partial charge in [-0.05, 0) is 130 Å². The lowest BCUT2D eigenvalue weighted by Crippen LogP contribution is -2.01. The largest absolute Gasteiger partial charge is 0.264 e. The molecule has 0 unspecified atom stereocenters. The highest BCUT2D eigenvalue weighted by atomic mass is 15.0. The van der Waals surface area contributed by atoms with Gasteiger partial charge in [-0.1, -0.05) is 158 Å². The van der Waals surface area contributed by atoms with Crippen LogP contribution in [0.5, 0.6) is 0 Å². The zero-order chi connectivity index (χ0) is 42.4. The first-order chi connectivity index (χ1) is 31.7. The number of benzene rings is 9. The second-order valence-corrected chi connectivity index (χ2v) is 16.1. The number of aromatic nitrogens is 5. The SMILES string of the molecule is c1cncc(-c2ccc(-c3nc(-c4ccc(-c5cccnc5)cc4)nc(-c4cc(-c5cc6ccccc6c6ccccc56)cc(-c5cc6ccccc6c6ccccc56)c4)n3)cc2)c1. The van der Waals surface area contributed by atoms with Gasteiger partial charge in [0.1, 0.15) is 0 Å². The van der Waals surface area contributed by atoms with Gasteiger partial charge in [0, 0.05) is 41.5 Å². The first-order valence-corrected chi connectivity index (χ1v) is 21.5. The lowest BCUT2D eigenvalue weighted by Gasteiger charge is -2.16. The van der Waals surface area contributed by atoms with E-state index in [0.29, 0.717) is 17.5 Å². The Balaban J connectivity index is 1.10. The molecule has 0 fully saturated rings. The fourth-order valence-corrected chi connectivity index (χ4v) is 9.11. The van der Waals surface area contributed by atoms with Gasteiger partial charge in [-0.3, -0.25) is 9.97 Å². The second kappa shape index (κ2) is 15.7. The summed E-state index contributed by atoms with van der Waals surface area (Å²) in [5.74, 6) is 1.77. The molecule has 0 N–H and O–H groups in total. The minimum absolute atomic E-state index is 0.589. The summed E-state index contributed by atoms with van der Waals surface area (Å²) in [7, 11) is 0. The van der Waals surface area contributed by atoms with Crippen LogP contribution < -0.4 is 0 Å². The van der Waals surface area contributed by atoms with Gasteiger partial charge in [0.2, 0.25) is 0 Å². The maximum absolute atomic E-state index is 5.32. The van der Waals surface area contributed by atoms with Gasteiger partial charge in [0.05, 0.1) is 0 Å². The molecule has 0 amide bonds. The van der Waals surface area contributed by atoms with Crippen molar-refractivity contribution in [1.82, 2.24) is 24.9 Å². The number of pyridine rings is 2. The summed E-state index contributed by atoms with van der Waals surface area (Å²) in [5.41, 5.74) is 11.4. The van der Waals surface area contributed by atoms with E-state index in [1.807, 2.05) is 24.5 Å². The number of hydrogen-bond donors (Lipinski definition) is 0. The Morgan fingerprint density at radius 2 is 0.594 bits per heavy atom. The molecule has 0 atom stereocenters. The Bertz CT molecular complexity index is 3460. The molecular weight excluding hydrogens is 779 g/mol. The van der Waals surface area contributed by atoms with Gasteiger partial charge in [-0.25, -0.2) is 15.0 Å². The van der Waals surface area contributed by atoms with Crippen LogP contribution in [-0.4, -0.2) is 24.9 Å². The van der Waals surface area contributed by atoms with Crippen LogP contribution in [-0.2, 0) is 0 Å². The van der Waals surface area contributed by atoms with Crippen molar-refractivity contribution >= 4 is 43.1 Å². The molecule has 12 aromatic rings. The molecule has 3 aromatic heterocycles. The molecule has 0 saturated carbocycles. The molecule has 0 saturated heterocycles. The van der Waals surface area contributed by atoms with E-state index < -0.39 is 0 Å². The number of fused-ring (bicyclic) bond motifs is 6. The highest BCUT2D eigenvalue weighted by Gasteiger charge is 2.18. The van der Waals surface area contributed by atoms with E-state index >= 15 is 0 Å². The predicted octanol–water partition coefficient (Wildman–Crippen LogP) is 14.9. The van der Waals surface area contributed by atoms with Crippen molar-refractivity contribution in [2.45, 2.75) is 0 Å². The summed E-state index contributed by atoms with van der Waals surface area (Å²) in [4.78, 5) is 24.5. The Morgan fingerprint density at radius 1 is 0.234 bits per heavy atom. The average molecular weight is 816 g/mol. The molecular formula is C59H37N5. The maximum Gasteiger partial charge on any atom is 0.164 e. The molecule has 9 aromatic carbocycles. The zero-order valence-electron chi connectivity index (χ0n) is 34.6. The van der Waals surface area contributed by atoms with E-state index in [1.165, 1.54) is 43.1 Å². The van der Waals surface area contributed by atoms with E-state index in [2.05, 4.69) is 198 Å². The Labute approximate surface area is 370 Å². The standard InChI is InChI=1S/C59H37N5/c1-3-15-49-42(11-1)34-55(53-19-7-5-17-51(49)53)46-31-47(56-35-43-12-2-4-16-50(43)52-18-6-8-20-54(52)56)33-48(32-46)59-63-57(40-25-21-38(22-26-40)44-13-9-29-60-36-44)62-58(64-59)41-27-23-39(24-28-41)45-14-10-30-61-37-45/h1-37H. The third kappa shape index (κ3) is 6.73. The Hall–Kier alpha value is -8.67. The quantitative estimate of drug-likeness (QED) is 0.150. The summed E-state index contributed by atoms with van der Waals surface area (Å²) in [6, 6.07) is 71.1. The van der Waals surface area contributed by atoms with Crippen LogP contribution in [0, 0.1) is 0 Å². The van der Waals surface area contributed by atoms with Crippen molar-refractivity contribution in [3.8, 4) is 78.7 Å². The van der Waals surface area contributed by atoms with Gasteiger partial charge < -0.3 is 0 Å². The Kier molecular flexibility index (Phi) is 9.08. The summed E-state index contributed by atoms with van der Waals surface area (Å²) in [6.45, 7) is 0. The average Bonchev–Trinajstić information content (AvgIpc) is 3.38. The van der Waals surface area contributed by atoms with Crippen molar-refractivity contribution < 1.29 is 0 Å². The van der Waals surface area contributed by atoms with Crippen LogP contribution in [0.3, 0.4) is 0 Å². The fraction of sp³-hybridized carbons (Fsp3) is 0.